The number of nitrogens with zero attached hydrogens (tertiary/aromatic N) is 1. The van der Waals surface area contributed by atoms with E-state index in [9.17, 15) is 0 Å². The van der Waals surface area contributed by atoms with Gasteiger partial charge in [-0.05, 0) is 50.1 Å². The van der Waals surface area contributed by atoms with E-state index in [2.05, 4.69) is 52.8 Å². The zero-order chi connectivity index (χ0) is 14.0. The number of pyridine rings is 1. The number of benzene rings is 1. The minimum absolute atomic E-state index is 0.307. The lowest BCUT2D eigenvalue weighted by Gasteiger charge is -2.11. The first kappa shape index (κ1) is 15.6. The van der Waals surface area contributed by atoms with Gasteiger partial charge in [0.1, 0.15) is 17.5 Å². The molecule has 0 aliphatic rings. The summed E-state index contributed by atoms with van der Waals surface area (Å²) in [6.45, 7) is 0.307. The first-order chi connectivity index (χ1) is 8.97. The fourth-order valence-corrected chi connectivity index (χ4v) is 4.27. The Balaban J connectivity index is 2.19. The van der Waals surface area contributed by atoms with Crippen LogP contribution in [0.15, 0.2) is 37.8 Å². The van der Waals surface area contributed by atoms with E-state index in [0.717, 1.165) is 19.0 Å². The molecule has 1 heterocycles. The lowest BCUT2D eigenvalue weighted by atomic mass is 10.3. The highest BCUT2D eigenvalue weighted by Gasteiger charge is 2.10. The largest absolute Gasteiger partial charge is 0.486 e. The quantitative estimate of drug-likeness (QED) is 0.474. The molecule has 0 fully saturated rings. The number of rotatable bonds is 3. The average Bonchev–Trinajstić information content (AvgIpc) is 2.30. The van der Waals surface area contributed by atoms with E-state index in [0.29, 0.717) is 22.5 Å². The Labute approximate surface area is 145 Å². The lowest BCUT2D eigenvalue weighted by Crippen LogP contribution is -1.98. The summed E-state index contributed by atoms with van der Waals surface area (Å²) < 4.78 is 8.38. The first-order valence-electron chi connectivity index (χ1n) is 5.04. The molecule has 0 aliphatic heterocycles. The smallest absolute Gasteiger partial charge is 0.148 e. The van der Waals surface area contributed by atoms with Crippen LogP contribution >= 0.6 is 71.0 Å². The van der Waals surface area contributed by atoms with Crippen molar-refractivity contribution in [2.45, 2.75) is 6.61 Å². The Hall–Kier alpha value is 0.190. The zero-order valence-electron chi connectivity index (χ0n) is 9.26. The molecule has 7 heteroatoms. The van der Waals surface area contributed by atoms with Crippen molar-refractivity contribution in [1.29, 1.82) is 0 Å². The molecule has 0 saturated carbocycles. The van der Waals surface area contributed by atoms with E-state index in [1.807, 2.05) is 12.1 Å². The maximum atomic E-state index is 6.07. The zero-order valence-corrected chi connectivity index (χ0v) is 15.5. The van der Waals surface area contributed by atoms with Crippen LogP contribution in [0.1, 0.15) is 5.56 Å². The van der Waals surface area contributed by atoms with Crippen molar-refractivity contribution < 1.29 is 4.74 Å². The van der Waals surface area contributed by atoms with Crippen molar-refractivity contribution in [3.63, 3.8) is 0 Å². The molecule has 2 rings (SSSR count). The maximum absolute atomic E-state index is 6.07. The summed E-state index contributed by atoms with van der Waals surface area (Å²) in [5, 5.41) is 0.893. The fourth-order valence-electron chi connectivity index (χ4n) is 1.36. The molecule has 2 nitrogen and oxygen atoms in total. The highest BCUT2D eigenvalue weighted by atomic mass is 79.9. The van der Waals surface area contributed by atoms with Crippen LogP contribution in [-0.4, -0.2) is 4.98 Å². The second kappa shape index (κ2) is 6.76. The Bertz CT molecular complexity index is 599. The van der Waals surface area contributed by atoms with Crippen LogP contribution in [0.3, 0.4) is 0 Å². The van der Waals surface area contributed by atoms with E-state index >= 15 is 0 Å². The SMILES string of the molecule is Clc1cc(Cl)c(COc2c(Br)cc(Br)cc2Br)cn1. The van der Waals surface area contributed by atoms with Crippen molar-refractivity contribution in [3.8, 4) is 5.75 Å². The second-order valence-electron chi connectivity index (χ2n) is 3.59. The fraction of sp³-hybridized carbons (Fsp3) is 0.0833. The summed E-state index contributed by atoms with van der Waals surface area (Å²) in [6.07, 6.45) is 1.60. The van der Waals surface area contributed by atoms with Gasteiger partial charge in [0.15, 0.2) is 0 Å². The van der Waals surface area contributed by atoms with Gasteiger partial charge in [-0.2, -0.15) is 0 Å². The van der Waals surface area contributed by atoms with Crippen LogP contribution in [0.2, 0.25) is 10.2 Å². The van der Waals surface area contributed by atoms with Crippen LogP contribution in [0.4, 0.5) is 0 Å². The van der Waals surface area contributed by atoms with Crippen molar-refractivity contribution in [2.24, 2.45) is 0 Å². The summed E-state index contributed by atoms with van der Waals surface area (Å²) in [5.41, 5.74) is 0.771. The van der Waals surface area contributed by atoms with Gasteiger partial charge in [-0.1, -0.05) is 39.1 Å². The molecular formula is C12H6Br3Cl2NO. The topological polar surface area (TPSA) is 22.1 Å². The summed E-state index contributed by atoms with van der Waals surface area (Å²) in [5.74, 6) is 0.703. The van der Waals surface area contributed by atoms with Crippen molar-refractivity contribution >= 4 is 71.0 Å². The van der Waals surface area contributed by atoms with Gasteiger partial charge in [0.2, 0.25) is 0 Å². The molecule has 0 saturated heterocycles. The molecule has 0 aliphatic carbocycles. The summed E-state index contributed by atoms with van der Waals surface area (Å²) in [4.78, 5) is 3.98. The molecule has 1 aromatic carbocycles. The molecule has 2 aromatic rings. The number of ether oxygens (including phenoxy) is 1. The van der Waals surface area contributed by atoms with Gasteiger partial charge in [0, 0.05) is 16.2 Å². The van der Waals surface area contributed by atoms with Crippen molar-refractivity contribution in [1.82, 2.24) is 4.98 Å². The molecule has 0 amide bonds. The van der Waals surface area contributed by atoms with Crippen LogP contribution in [0.25, 0.3) is 0 Å². The van der Waals surface area contributed by atoms with E-state index in [4.69, 9.17) is 27.9 Å². The molecule has 0 bridgehead atoms. The van der Waals surface area contributed by atoms with Gasteiger partial charge in [-0.15, -0.1) is 0 Å². The van der Waals surface area contributed by atoms with Crippen LogP contribution in [0.5, 0.6) is 5.75 Å². The van der Waals surface area contributed by atoms with Gasteiger partial charge in [-0.3, -0.25) is 0 Å². The normalized spacial score (nSPS) is 10.6. The Kier molecular flexibility index (Phi) is 5.55. The third kappa shape index (κ3) is 4.08. The van der Waals surface area contributed by atoms with Gasteiger partial charge in [0.25, 0.3) is 0 Å². The minimum atomic E-state index is 0.307. The predicted octanol–water partition coefficient (Wildman–Crippen LogP) is 6.25. The third-order valence-corrected chi connectivity index (χ3v) is 4.43. The predicted molar refractivity (Wildman–Crippen MR) is 88.1 cm³/mol. The van der Waals surface area contributed by atoms with Crippen molar-refractivity contribution in [2.75, 3.05) is 0 Å². The van der Waals surface area contributed by atoms with Crippen LogP contribution < -0.4 is 4.74 Å². The number of aromatic nitrogens is 1. The molecule has 0 spiro atoms. The van der Waals surface area contributed by atoms with Crippen LogP contribution in [-0.2, 0) is 6.61 Å². The maximum Gasteiger partial charge on any atom is 0.148 e. The van der Waals surface area contributed by atoms with Gasteiger partial charge >= 0.3 is 0 Å². The van der Waals surface area contributed by atoms with E-state index in [1.165, 1.54) is 0 Å². The first-order valence-corrected chi connectivity index (χ1v) is 8.18. The summed E-state index contributed by atoms with van der Waals surface area (Å²) >= 11 is 22.1. The minimum Gasteiger partial charge on any atom is -0.486 e. The van der Waals surface area contributed by atoms with Crippen molar-refractivity contribution in [3.05, 3.63) is 53.6 Å². The number of halogens is 5. The second-order valence-corrected chi connectivity index (χ2v) is 7.00. The summed E-state index contributed by atoms with van der Waals surface area (Å²) in [7, 11) is 0. The summed E-state index contributed by atoms with van der Waals surface area (Å²) in [6, 6.07) is 5.40. The van der Waals surface area contributed by atoms with Gasteiger partial charge in [-0.25, -0.2) is 4.98 Å². The standard InChI is InChI=1S/C12H6Br3Cl2NO/c13-7-1-8(14)12(9(15)2-7)19-5-6-4-18-11(17)3-10(6)16/h1-4H,5H2. The monoisotopic (exact) mass is 487 g/mol. The molecule has 19 heavy (non-hydrogen) atoms. The van der Waals surface area contributed by atoms with Gasteiger partial charge in [0.05, 0.1) is 14.0 Å². The molecule has 0 atom stereocenters. The molecule has 0 radical (unpaired) electrons. The van der Waals surface area contributed by atoms with E-state index in [-0.39, 0.29) is 0 Å². The Morgan fingerprint density at radius 2 is 1.68 bits per heavy atom. The molecule has 100 valence electrons. The molecule has 0 N–H and O–H groups in total. The molecule has 0 unspecified atom stereocenters. The molecule has 1 aromatic heterocycles. The molecular weight excluding hydrogens is 485 g/mol. The van der Waals surface area contributed by atoms with Gasteiger partial charge < -0.3 is 4.74 Å². The van der Waals surface area contributed by atoms with Crippen LogP contribution in [0, 0.1) is 0 Å². The Morgan fingerprint density at radius 3 is 2.26 bits per heavy atom. The average molecular weight is 491 g/mol. The van der Waals surface area contributed by atoms with E-state index < -0.39 is 0 Å². The Morgan fingerprint density at radius 1 is 1.05 bits per heavy atom. The number of hydrogen-bond acceptors (Lipinski definition) is 2. The lowest BCUT2D eigenvalue weighted by molar-refractivity contribution is 0.302. The number of hydrogen-bond donors (Lipinski definition) is 0. The highest BCUT2D eigenvalue weighted by molar-refractivity contribution is 9.11. The van der Waals surface area contributed by atoms with E-state index in [1.54, 1.807) is 12.3 Å². The third-order valence-electron chi connectivity index (χ3n) is 2.23. The highest BCUT2D eigenvalue weighted by Crippen LogP contribution is 2.37.